The van der Waals surface area contributed by atoms with Crippen LogP contribution in [0.25, 0.3) is 11.1 Å². The molecule has 2 aromatic carbocycles. The molecule has 2 nitrogen and oxygen atoms in total. The van der Waals surface area contributed by atoms with Crippen molar-refractivity contribution in [3.05, 3.63) is 52.8 Å². The zero-order valence-corrected chi connectivity index (χ0v) is 12.4. The quantitative estimate of drug-likeness (QED) is 0.914. The predicted molar refractivity (Wildman–Crippen MR) is 80.6 cm³/mol. The van der Waals surface area contributed by atoms with Crippen LogP contribution < -0.4 is 10.1 Å². The molecule has 0 aromatic heterocycles. The molecule has 106 valence electrons. The average molecular weight is 273 g/mol. The minimum atomic E-state index is -0.231. The van der Waals surface area contributed by atoms with Gasteiger partial charge in [0.25, 0.3) is 0 Å². The highest BCUT2D eigenvalue weighted by Crippen LogP contribution is 2.30. The van der Waals surface area contributed by atoms with Crippen molar-refractivity contribution in [1.82, 2.24) is 5.32 Å². The van der Waals surface area contributed by atoms with Crippen LogP contribution in [-0.4, -0.2) is 14.2 Å². The van der Waals surface area contributed by atoms with E-state index in [1.54, 1.807) is 19.2 Å². The van der Waals surface area contributed by atoms with Gasteiger partial charge in [-0.15, -0.1) is 0 Å². The molecule has 0 unspecified atom stereocenters. The van der Waals surface area contributed by atoms with Gasteiger partial charge in [-0.3, -0.25) is 0 Å². The van der Waals surface area contributed by atoms with E-state index in [4.69, 9.17) is 4.74 Å². The van der Waals surface area contributed by atoms with Crippen molar-refractivity contribution in [3.8, 4) is 16.9 Å². The maximum Gasteiger partial charge on any atom is 0.131 e. The van der Waals surface area contributed by atoms with Crippen LogP contribution in [-0.2, 0) is 6.54 Å². The fourth-order valence-corrected chi connectivity index (χ4v) is 2.46. The van der Waals surface area contributed by atoms with E-state index in [1.807, 2.05) is 19.2 Å². The number of benzene rings is 2. The topological polar surface area (TPSA) is 21.3 Å². The summed E-state index contributed by atoms with van der Waals surface area (Å²) in [6, 6.07) is 8.87. The Bertz CT molecular complexity index is 599. The van der Waals surface area contributed by atoms with Gasteiger partial charge in [-0.1, -0.05) is 12.1 Å². The highest BCUT2D eigenvalue weighted by atomic mass is 19.1. The van der Waals surface area contributed by atoms with E-state index in [-0.39, 0.29) is 5.82 Å². The Hall–Kier alpha value is -1.87. The summed E-state index contributed by atoms with van der Waals surface area (Å²) in [7, 11) is 3.51. The van der Waals surface area contributed by atoms with Crippen molar-refractivity contribution in [3.63, 3.8) is 0 Å². The molecule has 0 amide bonds. The van der Waals surface area contributed by atoms with Crippen LogP contribution in [0.3, 0.4) is 0 Å². The minimum Gasteiger partial charge on any atom is -0.497 e. The summed E-state index contributed by atoms with van der Waals surface area (Å²) in [6.07, 6.45) is 0. The number of hydrogen-bond acceptors (Lipinski definition) is 2. The molecule has 0 saturated heterocycles. The van der Waals surface area contributed by atoms with E-state index in [9.17, 15) is 4.39 Å². The number of rotatable bonds is 4. The third-order valence-corrected chi connectivity index (χ3v) is 3.53. The highest BCUT2D eigenvalue weighted by molar-refractivity contribution is 5.68. The van der Waals surface area contributed by atoms with Crippen LogP contribution in [0.4, 0.5) is 4.39 Å². The second-order valence-electron chi connectivity index (χ2n) is 4.96. The second kappa shape index (κ2) is 6.06. The van der Waals surface area contributed by atoms with Gasteiger partial charge < -0.3 is 10.1 Å². The van der Waals surface area contributed by atoms with Crippen LogP contribution in [0.5, 0.6) is 5.75 Å². The van der Waals surface area contributed by atoms with E-state index in [0.29, 0.717) is 11.3 Å². The maximum atomic E-state index is 14.0. The number of halogens is 1. The van der Waals surface area contributed by atoms with E-state index in [1.165, 1.54) is 11.6 Å². The molecule has 0 aliphatic carbocycles. The van der Waals surface area contributed by atoms with Gasteiger partial charge in [-0.05, 0) is 61.3 Å². The van der Waals surface area contributed by atoms with E-state index in [0.717, 1.165) is 23.2 Å². The van der Waals surface area contributed by atoms with Crippen LogP contribution in [0.15, 0.2) is 30.3 Å². The standard InChI is InChI=1S/C17H20FNO/c1-11-7-13(8-12(2)16(11)10-19-3)15-9-14(20-4)5-6-17(15)18/h5-9,19H,10H2,1-4H3. The summed E-state index contributed by atoms with van der Waals surface area (Å²) < 4.78 is 19.2. The number of nitrogens with one attached hydrogen (secondary N) is 1. The molecule has 1 N–H and O–H groups in total. The van der Waals surface area contributed by atoms with Gasteiger partial charge in [0.15, 0.2) is 0 Å². The minimum absolute atomic E-state index is 0.231. The highest BCUT2D eigenvalue weighted by Gasteiger charge is 2.10. The summed E-state index contributed by atoms with van der Waals surface area (Å²) in [5.74, 6) is 0.432. The first-order valence-corrected chi connectivity index (χ1v) is 6.65. The van der Waals surface area contributed by atoms with Gasteiger partial charge in [0.2, 0.25) is 0 Å². The molecule has 0 aliphatic heterocycles. The van der Waals surface area contributed by atoms with E-state index in [2.05, 4.69) is 19.2 Å². The van der Waals surface area contributed by atoms with E-state index < -0.39 is 0 Å². The third-order valence-electron chi connectivity index (χ3n) is 3.53. The summed E-state index contributed by atoms with van der Waals surface area (Å²) in [6.45, 7) is 4.93. The molecule has 0 aliphatic rings. The second-order valence-corrected chi connectivity index (χ2v) is 4.96. The summed E-state index contributed by atoms with van der Waals surface area (Å²) >= 11 is 0. The van der Waals surface area contributed by atoms with Crippen molar-refractivity contribution < 1.29 is 9.13 Å². The molecular formula is C17H20FNO. The number of aryl methyl sites for hydroxylation is 2. The number of hydrogen-bond donors (Lipinski definition) is 1. The maximum absolute atomic E-state index is 14.0. The lowest BCUT2D eigenvalue weighted by Gasteiger charge is -2.13. The summed E-state index contributed by atoms with van der Waals surface area (Å²) in [5.41, 5.74) is 5.05. The predicted octanol–water partition coefficient (Wildman–Crippen LogP) is 3.84. The average Bonchev–Trinajstić information content (AvgIpc) is 2.43. The first kappa shape index (κ1) is 14.5. The summed E-state index contributed by atoms with van der Waals surface area (Å²) in [5, 5.41) is 3.16. The Morgan fingerprint density at radius 1 is 1.10 bits per heavy atom. The lowest BCUT2D eigenvalue weighted by molar-refractivity contribution is 0.414. The van der Waals surface area contributed by atoms with Gasteiger partial charge >= 0.3 is 0 Å². The Morgan fingerprint density at radius 3 is 2.30 bits per heavy atom. The third kappa shape index (κ3) is 2.83. The lowest BCUT2D eigenvalue weighted by atomic mass is 9.95. The molecule has 0 heterocycles. The lowest BCUT2D eigenvalue weighted by Crippen LogP contribution is -2.08. The van der Waals surface area contributed by atoms with Gasteiger partial charge in [-0.25, -0.2) is 4.39 Å². The molecular weight excluding hydrogens is 253 g/mol. The number of ether oxygens (including phenoxy) is 1. The Labute approximate surface area is 119 Å². The zero-order valence-electron chi connectivity index (χ0n) is 12.4. The molecule has 0 fully saturated rings. The molecule has 2 rings (SSSR count). The first-order valence-electron chi connectivity index (χ1n) is 6.65. The molecule has 0 bridgehead atoms. The molecule has 3 heteroatoms. The van der Waals surface area contributed by atoms with E-state index >= 15 is 0 Å². The van der Waals surface area contributed by atoms with Gasteiger partial charge in [0.05, 0.1) is 7.11 Å². The molecule has 0 atom stereocenters. The van der Waals surface area contributed by atoms with Crippen molar-refractivity contribution >= 4 is 0 Å². The molecule has 0 spiro atoms. The summed E-state index contributed by atoms with van der Waals surface area (Å²) in [4.78, 5) is 0. The molecule has 0 saturated carbocycles. The van der Waals surface area contributed by atoms with Crippen molar-refractivity contribution in [1.29, 1.82) is 0 Å². The Balaban J connectivity index is 2.53. The van der Waals surface area contributed by atoms with Gasteiger partial charge in [0.1, 0.15) is 11.6 Å². The molecule has 0 radical (unpaired) electrons. The first-order chi connectivity index (χ1) is 9.56. The van der Waals surface area contributed by atoms with Crippen molar-refractivity contribution in [2.45, 2.75) is 20.4 Å². The number of methoxy groups -OCH3 is 1. The fraction of sp³-hybridized carbons (Fsp3) is 0.294. The van der Waals surface area contributed by atoms with Gasteiger partial charge in [-0.2, -0.15) is 0 Å². The van der Waals surface area contributed by atoms with Crippen LogP contribution in [0, 0.1) is 19.7 Å². The monoisotopic (exact) mass is 273 g/mol. The van der Waals surface area contributed by atoms with Gasteiger partial charge in [0, 0.05) is 12.1 Å². The molecule has 2 aromatic rings. The normalized spacial score (nSPS) is 10.7. The molecule has 20 heavy (non-hydrogen) atoms. The Morgan fingerprint density at radius 2 is 1.75 bits per heavy atom. The SMILES string of the molecule is CNCc1c(C)cc(-c2cc(OC)ccc2F)cc1C. The zero-order chi connectivity index (χ0) is 14.7. The van der Waals surface area contributed by atoms with Crippen molar-refractivity contribution in [2.75, 3.05) is 14.2 Å². The largest absolute Gasteiger partial charge is 0.497 e. The van der Waals surface area contributed by atoms with Crippen molar-refractivity contribution in [2.24, 2.45) is 0 Å². The fourth-order valence-electron chi connectivity index (χ4n) is 2.46. The smallest absolute Gasteiger partial charge is 0.131 e. The van der Waals surface area contributed by atoms with Crippen LogP contribution in [0.2, 0.25) is 0 Å². The van der Waals surface area contributed by atoms with Crippen LogP contribution >= 0.6 is 0 Å². The Kier molecular flexibility index (Phi) is 4.40. The van der Waals surface area contributed by atoms with Crippen LogP contribution in [0.1, 0.15) is 16.7 Å².